The molecule has 20 heavy (non-hydrogen) atoms. The van der Waals surface area contributed by atoms with E-state index in [1.165, 1.54) is 0 Å². The number of nitrogens with two attached hydrogens (primary N) is 1. The van der Waals surface area contributed by atoms with Gasteiger partial charge in [-0.3, -0.25) is 9.88 Å². The highest BCUT2D eigenvalue weighted by atomic mass is 16.6. The van der Waals surface area contributed by atoms with Gasteiger partial charge < -0.3 is 10.5 Å². The Labute approximate surface area is 120 Å². The molecule has 2 N–H and O–H groups in total. The summed E-state index contributed by atoms with van der Waals surface area (Å²) in [6.07, 6.45) is 4.98. The second kappa shape index (κ2) is 5.31. The summed E-state index contributed by atoms with van der Waals surface area (Å²) < 4.78 is 5.51. The van der Waals surface area contributed by atoms with Crippen LogP contribution in [-0.2, 0) is 4.74 Å². The number of pyridine rings is 1. The summed E-state index contributed by atoms with van der Waals surface area (Å²) in [5.41, 5.74) is 6.89. The quantitative estimate of drug-likeness (QED) is 0.856. The van der Waals surface area contributed by atoms with Gasteiger partial charge in [-0.2, -0.15) is 0 Å². The van der Waals surface area contributed by atoms with Crippen LogP contribution in [0.15, 0.2) is 18.5 Å². The molecule has 0 bridgehead atoms. The largest absolute Gasteiger partial charge is 0.444 e. The van der Waals surface area contributed by atoms with Crippen LogP contribution in [-0.4, -0.2) is 27.6 Å². The Morgan fingerprint density at radius 3 is 2.70 bits per heavy atom. The molecule has 1 amide bonds. The number of anilines is 1. The Morgan fingerprint density at radius 1 is 1.40 bits per heavy atom. The van der Waals surface area contributed by atoms with Crippen LogP contribution in [0.25, 0.3) is 0 Å². The number of nitrogens with zero attached hydrogens (tertiary/aromatic N) is 2. The maximum atomic E-state index is 12.4. The summed E-state index contributed by atoms with van der Waals surface area (Å²) in [6, 6.07) is 2.04. The monoisotopic (exact) mass is 277 g/mol. The zero-order valence-corrected chi connectivity index (χ0v) is 12.6. The predicted molar refractivity (Wildman–Crippen MR) is 78.2 cm³/mol. The Bertz CT molecular complexity index is 496. The molecular weight excluding hydrogens is 254 g/mol. The van der Waals surface area contributed by atoms with E-state index >= 15 is 0 Å². The van der Waals surface area contributed by atoms with Gasteiger partial charge in [0.15, 0.2) is 0 Å². The molecule has 2 atom stereocenters. The summed E-state index contributed by atoms with van der Waals surface area (Å²) in [4.78, 5) is 18.3. The summed E-state index contributed by atoms with van der Waals surface area (Å²) in [5, 5.41) is 0. The molecule has 1 aliphatic heterocycles. The van der Waals surface area contributed by atoms with Crippen LogP contribution < -0.4 is 5.73 Å². The van der Waals surface area contributed by atoms with Gasteiger partial charge in [-0.05, 0) is 52.2 Å². The van der Waals surface area contributed by atoms with Crippen molar-refractivity contribution in [2.45, 2.75) is 58.2 Å². The number of rotatable bonds is 1. The zero-order valence-electron chi connectivity index (χ0n) is 12.6. The van der Waals surface area contributed by atoms with Gasteiger partial charge >= 0.3 is 6.09 Å². The van der Waals surface area contributed by atoms with Crippen molar-refractivity contribution in [3.8, 4) is 0 Å². The lowest BCUT2D eigenvalue weighted by atomic mass is 10.1. The molecule has 5 heteroatoms. The predicted octanol–water partition coefficient (Wildman–Crippen LogP) is 3.12. The number of aromatic nitrogens is 1. The van der Waals surface area contributed by atoms with E-state index in [0.717, 1.165) is 18.4 Å². The third-order valence-electron chi connectivity index (χ3n) is 3.44. The Balaban J connectivity index is 2.23. The van der Waals surface area contributed by atoms with E-state index in [1.54, 1.807) is 12.4 Å². The van der Waals surface area contributed by atoms with Gasteiger partial charge in [-0.25, -0.2) is 4.79 Å². The standard InChI is InChI=1S/C15H23N3O2/c1-10-5-6-13(11-7-12(16)9-17-8-11)18(10)14(19)20-15(2,3)4/h7-10,13H,5-6,16H2,1-4H3/t10-,13-/m0/s1. The smallest absolute Gasteiger partial charge is 0.411 e. The first-order valence-corrected chi connectivity index (χ1v) is 6.99. The highest BCUT2D eigenvalue weighted by Gasteiger charge is 2.37. The normalized spacial score (nSPS) is 22.9. The van der Waals surface area contributed by atoms with Crippen molar-refractivity contribution in [3.63, 3.8) is 0 Å². The van der Waals surface area contributed by atoms with Crippen molar-refractivity contribution < 1.29 is 9.53 Å². The van der Waals surface area contributed by atoms with Crippen LogP contribution >= 0.6 is 0 Å². The van der Waals surface area contributed by atoms with Gasteiger partial charge in [0, 0.05) is 18.4 Å². The van der Waals surface area contributed by atoms with E-state index in [9.17, 15) is 4.79 Å². The van der Waals surface area contributed by atoms with Crippen molar-refractivity contribution in [1.82, 2.24) is 9.88 Å². The molecule has 1 aliphatic rings. The third kappa shape index (κ3) is 3.21. The van der Waals surface area contributed by atoms with Gasteiger partial charge in [0.1, 0.15) is 5.60 Å². The summed E-state index contributed by atoms with van der Waals surface area (Å²) in [6.45, 7) is 7.68. The second-order valence-corrected chi connectivity index (χ2v) is 6.38. The van der Waals surface area contributed by atoms with Crippen molar-refractivity contribution >= 4 is 11.8 Å². The average molecular weight is 277 g/mol. The van der Waals surface area contributed by atoms with E-state index in [4.69, 9.17) is 10.5 Å². The Morgan fingerprint density at radius 2 is 2.10 bits per heavy atom. The van der Waals surface area contributed by atoms with E-state index in [2.05, 4.69) is 4.98 Å². The molecule has 5 nitrogen and oxygen atoms in total. The number of ether oxygens (including phenoxy) is 1. The highest BCUT2D eigenvalue weighted by molar-refractivity contribution is 5.70. The van der Waals surface area contributed by atoms with E-state index in [-0.39, 0.29) is 18.2 Å². The molecule has 0 saturated carbocycles. The third-order valence-corrected chi connectivity index (χ3v) is 3.44. The van der Waals surface area contributed by atoms with Gasteiger partial charge in [0.2, 0.25) is 0 Å². The van der Waals surface area contributed by atoms with E-state index in [0.29, 0.717) is 5.69 Å². The van der Waals surface area contributed by atoms with Crippen molar-refractivity contribution in [2.24, 2.45) is 0 Å². The average Bonchev–Trinajstić information content (AvgIpc) is 2.69. The fraction of sp³-hybridized carbons (Fsp3) is 0.600. The number of carbonyl (C=O) groups excluding carboxylic acids is 1. The minimum atomic E-state index is -0.488. The number of hydrogen-bond acceptors (Lipinski definition) is 4. The highest BCUT2D eigenvalue weighted by Crippen LogP contribution is 2.37. The van der Waals surface area contributed by atoms with Crippen LogP contribution in [0.5, 0.6) is 0 Å². The maximum Gasteiger partial charge on any atom is 0.411 e. The van der Waals surface area contributed by atoms with Crippen LogP contribution in [0.3, 0.4) is 0 Å². The van der Waals surface area contributed by atoms with Crippen LogP contribution in [0, 0.1) is 0 Å². The van der Waals surface area contributed by atoms with Crippen LogP contribution in [0.4, 0.5) is 10.5 Å². The first kappa shape index (κ1) is 14.6. The Kier molecular flexibility index (Phi) is 3.88. The van der Waals surface area contributed by atoms with Gasteiger partial charge in [0.05, 0.1) is 11.7 Å². The van der Waals surface area contributed by atoms with E-state index in [1.807, 2.05) is 38.7 Å². The lowest BCUT2D eigenvalue weighted by molar-refractivity contribution is 0.0158. The summed E-state index contributed by atoms with van der Waals surface area (Å²) in [7, 11) is 0. The molecule has 1 fully saturated rings. The molecule has 1 aromatic rings. The fourth-order valence-electron chi connectivity index (χ4n) is 2.59. The number of carbonyl (C=O) groups is 1. The molecule has 2 rings (SSSR count). The molecule has 0 unspecified atom stereocenters. The summed E-state index contributed by atoms with van der Waals surface area (Å²) in [5.74, 6) is 0. The lowest BCUT2D eigenvalue weighted by Crippen LogP contribution is -2.40. The fourth-order valence-corrected chi connectivity index (χ4v) is 2.59. The zero-order chi connectivity index (χ0) is 14.9. The lowest BCUT2D eigenvalue weighted by Gasteiger charge is -2.31. The van der Waals surface area contributed by atoms with Crippen molar-refractivity contribution in [3.05, 3.63) is 24.0 Å². The molecule has 0 spiro atoms. The summed E-state index contributed by atoms with van der Waals surface area (Å²) >= 11 is 0. The number of nitrogen functional groups attached to an aromatic ring is 1. The maximum absolute atomic E-state index is 12.4. The number of hydrogen-bond donors (Lipinski definition) is 1. The van der Waals surface area contributed by atoms with Gasteiger partial charge in [0.25, 0.3) is 0 Å². The van der Waals surface area contributed by atoms with Gasteiger partial charge in [-0.15, -0.1) is 0 Å². The molecule has 0 radical (unpaired) electrons. The SMILES string of the molecule is C[C@H]1CC[C@@H](c2cncc(N)c2)N1C(=O)OC(C)(C)C. The first-order chi connectivity index (χ1) is 9.28. The minimum absolute atomic E-state index is 0.00384. The molecule has 110 valence electrons. The van der Waals surface area contributed by atoms with Crippen LogP contribution in [0.1, 0.15) is 52.1 Å². The topological polar surface area (TPSA) is 68.5 Å². The second-order valence-electron chi connectivity index (χ2n) is 6.38. The molecule has 0 aliphatic carbocycles. The molecule has 1 saturated heterocycles. The molecule has 1 aromatic heterocycles. The number of amides is 1. The first-order valence-electron chi connectivity index (χ1n) is 6.99. The molecular formula is C15H23N3O2. The Hall–Kier alpha value is -1.78. The van der Waals surface area contributed by atoms with E-state index < -0.39 is 5.60 Å². The minimum Gasteiger partial charge on any atom is -0.444 e. The van der Waals surface area contributed by atoms with Crippen LogP contribution in [0.2, 0.25) is 0 Å². The van der Waals surface area contributed by atoms with Crippen molar-refractivity contribution in [1.29, 1.82) is 0 Å². The molecule has 2 heterocycles. The van der Waals surface area contributed by atoms with Gasteiger partial charge in [-0.1, -0.05) is 0 Å². The molecule has 0 aromatic carbocycles. The van der Waals surface area contributed by atoms with Crippen molar-refractivity contribution in [2.75, 3.05) is 5.73 Å². The number of likely N-dealkylation sites (tertiary alicyclic amines) is 1.